The van der Waals surface area contributed by atoms with Crippen LogP contribution in [0.2, 0.25) is 0 Å². The van der Waals surface area contributed by atoms with Gasteiger partial charge < -0.3 is 14.4 Å². The first-order valence-corrected chi connectivity index (χ1v) is 11.4. The molecule has 0 bridgehead atoms. The number of hydrogen-bond acceptors (Lipinski definition) is 6. The molecule has 1 fully saturated rings. The molecule has 0 spiro atoms. The summed E-state index contributed by atoms with van der Waals surface area (Å²) in [5, 5.41) is 0. The van der Waals surface area contributed by atoms with E-state index in [4.69, 9.17) is 9.47 Å². The minimum Gasteiger partial charge on any atom is -0.485 e. The van der Waals surface area contributed by atoms with Gasteiger partial charge in [-0.2, -0.15) is 4.31 Å². The number of thiophene rings is 1. The van der Waals surface area contributed by atoms with Gasteiger partial charge in [0.15, 0.2) is 11.5 Å². The van der Waals surface area contributed by atoms with Gasteiger partial charge >= 0.3 is 0 Å². The molecule has 1 aromatic carbocycles. The van der Waals surface area contributed by atoms with Crippen LogP contribution in [0.4, 0.5) is 0 Å². The summed E-state index contributed by atoms with van der Waals surface area (Å²) < 4.78 is 38.7. The van der Waals surface area contributed by atoms with E-state index in [0.717, 1.165) is 9.75 Å². The molecule has 0 saturated carbocycles. The van der Waals surface area contributed by atoms with Crippen LogP contribution in [0.25, 0.3) is 0 Å². The van der Waals surface area contributed by atoms with Crippen LogP contribution < -0.4 is 9.47 Å². The normalized spacial score (nSPS) is 20.2. The van der Waals surface area contributed by atoms with Gasteiger partial charge in [-0.25, -0.2) is 8.42 Å². The Morgan fingerprint density at radius 1 is 1.11 bits per heavy atom. The highest BCUT2D eigenvalue weighted by molar-refractivity contribution is 7.89. The molecular weight excluding hydrogens is 400 g/mol. The van der Waals surface area contributed by atoms with Crippen molar-refractivity contribution in [2.24, 2.45) is 0 Å². The fraction of sp³-hybridized carbons (Fsp3) is 0.421. The van der Waals surface area contributed by atoms with Crippen LogP contribution in [0, 0.1) is 13.8 Å². The molecule has 1 saturated heterocycles. The lowest BCUT2D eigenvalue weighted by molar-refractivity contribution is -0.142. The molecule has 3 heterocycles. The van der Waals surface area contributed by atoms with E-state index in [-0.39, 0.29) is 25.6 Å². The van der Waals surface area contributed by atoms with E-state index >= 15 is 0 Å². The summed E-state index contributed by atoms with van der Waals surface area (Å²) in [5.41, 5.74) is 0. The molecule has 0 N–H and O–H groups in total. The number of sulfonamides is 1. The highest BCUT2D eigenvalue weighted by Gasteiger charge is 2.36. The molecule has 1 unspecified atom stereocenters. The second-order valence-electron chi connectivity index (χ2n) is 6.87. The predicted molar refractivity (Wildman–Crippen MR) is 105 cm³/mol. The van der Waals surface area contributed by atoms with Crippen molar-refractivity contribution in [3.8, 4) is 11.5 Å². The van der Waals surface area contributed by atoms with Gasteiger partial charge in [0.25, 0.3) is 5.91 Å². The number of carbonyl (C=O) groups excluding carboxylic acids is 1. The monoisotopic (exact) mass is 422 g/mol. The van der Waals surface area contributed by atoms with Gasteiger partial charge in [-0.3, -0.25) is 4.79 Å². The number of fused-ring (bicyclic) bond motifs is 1. The number of hydrogen-bond donors (Lipinski definition) is 0. The molecule has 2 aromatic rings. The standard InChI is InChI=1S/C19H22N2O5S2/c1-13-11-18(14(2)27-13)28(23,24)21-9-7-20(8-10-21)19(22)17-12-25-15-5-3-4-6-16(15)26-17/h3-6,11,17H,7-10,12H2,1-2H3. The zero-order valence-electron chi connectivity index (χ0n) is 15.8. The Morgan fingerprint density at radius 3 is 2.43 bits per heavy atom. The molecule has 1 amide bonds. The summed E-state index contributed by atoms with van der Waals surface area (Å²) in [6.07, 6.45) is -0.708. The number of rotatable bonds is 3. The highest BCUT2D eigenvalue weighted by Crippen LogP contribution is 2.32. The molecule has 2 aliphatic heterocycles. The molecule has 1 atom stereocenters. The van der Waals surface area contributed by atoms with Crippen molar-refractivity contribution >= 4 is 27.3 Å². The smallest absolute Gasteiger partial charge is 0.267 e. The summed E-state index contributed by atoms with van der Waals surface area (Å²) in [6, 6.07) is 8.96. The quantitative estimate of drug-likeness (QED) is 0.757. The zero-order chi connectivity index (χ0) is 19.9. The maximum absolute atomic E-state index is 12.9. The van der Waals surface area contributed by atoms with E-state index in [2.05, 4.69) is 0 Å². The van der Waals surface area contributed by atoms with Crippen LogP contribution in [0.3, 0.4) is 0 Å². The first kappa shape index (κ1) is 19.2. The fourth-order valence-corrected chi connectivity index (χ4v) is 6.44. The number of para-hydroxylation sites is 2. The van der Waals surface area contributed by atoms with Gasteiger partial charge in [-0.15, -0.1) is 11.3 Å². The van der Waals surface area contributed by atoms with Gasteiger partial charge in [0.2, 0.25) is 16.1 Å². The molecular formula is C19H22N2O5S2. The van der Waals surface area contributed by atoms with E-state index < -0.39 is 16.1 Å². The van der Waals surface area contributed by atoms with Crippen LogP contribution in [0.1, 0.15) is 9.75 Å². The number of piperazine rings is 1. The third-order valence-corrected chi connectivity index (χ3v) is 8.07. The first-order chi connectivity index (χ1) is 13.4. The predicted octanol–water partition coefficient (Wildman–Crippen LogP) is 2.04. The molecule has 4 rings (SSSR count). The van der Waals surface area contributed by atoms with Crippen molar-refractivity contribution < 1.29 is 22.7 Å². The first-order valence-electron chi connectivity index (χ1n) is 9.11. The van der Waals surface area contributed by atoms with Crippen molar-refractivity contribution in [1.29, 1.82) is 0 Å². The van der Waals surface area contributed by atoms with E-state index in [0.29, 0.717) is 29.5 Å². The van der Waals surface area contributed by atoms with Crippen LogP contribution >= 0.6 is 11.3 Å². The Hall–Kier alpha value is -2.10. The molecule has 2 aliphatic rings. The average Bonchev–Trinajstić information content (AvgIpc) is 3.06. The fourth-order valence-electron chi connectivity index (χ4n) is 3.50. The second kappa shape index (κ2) is 7.38. The van der Waals surface area contributed by atoms with Crippen molar-refractivity contribution in [3.63, 3.8) is 0 Å². The number of carbonyl (C=O) groups is 1. The Bertz CT molecular complexity index is 994. The SMILES string of the molecule is Cc1cc(S(=O)(=O)N2CCN(C(=O)C3COc4ccccc4O3)CC2)c(C)s1. The summed E-state index contributed by atoms with van der Waals surface area (Å²) in [6.45, 7) is 5.09. The van der Waals surface area contributed by atoms with Gasteiger partial charge in [-0.1, -0.05) is 12.1 Å². The summed E-state index contributed by atoms with van der Waals surface area (Å²) in [7, 11) is -3.54. The van der Waals surface area contributed by atoms with E-state index in [1.54, 1.807) is 23.1 Å². The summed E-state index contributed by atoms with van der Waals surface area (Å²) in [4.78, 5) is 16.6. The number of aryl methyl sites for hydroxylation is 2. The average molecular weight is 423 g/mol. The third-order valence-electron chi connectivity index (χ3n) is 4.95. The van der Waals surface area contributed by atoms with Crippen molar-refractivity contribution in [3.05, 3.63) is 40.1 Å². The Balaban J connectivity index is 1.40. The van der Waals surface area contributed by atoms with Crippen molar-refractivity contribution in [2.45, 2.75) is 24.8 Å². The molecule has 9 heteroatoms. The molecule has 0 radical (unpaired) electrons. The highest BCUT2D eigenvalue weighted by atomic mass is 32.2. The van der Waals surface area contributed by atoms with E-state index in [1.165, 1.54) is 15.6 Å². The van der Waals surface area contributed by atoms with Crippen LogP contribution in [0.5, 0.6) is 11.5 Å². The van der Waals surface area contributed by atoms with Crippen LogP contribution in [0.15, 0.2) is 35.2 Å². The maximum atomic E-state index is 12.9. The Labute approximate surface area is 168 Å². The molecule has 1 aromatic heterocycles. The number of ether oxygens (including phenoxy) is 2. The minimum atomic E-state index is -3.54. The van der Waals surface area contributed by atoms with Crippen LogP contribution in [-0.2, 0) is 14.8 Å². The van der Waals surface area contributed by atoms with Crippen molar-refractivity contribution in [2.75, 3.05) is 32.8 Å². The largest absolute Gasteiger partial charge is 0.485 e. The zero-order valence-corrected chi connectivity index (χ0v) is 17.4. The number of nitrogens with zero attached hydrogens (tertiary/aromatic N) is 2. The number of amides is 1. The van der Waals surface area contributed by atoms with Crippen LogP contribution in [-0.4, -0.2) is 62.4 Å². The van der Waals surface area contributed by atoms with Crippen molar-refractivity contribution in [1.82, 2.24) is 9.21 Å². The minimum absolute atomic E-state index is 0.154. The lowest BCUT2D eigenvalue weighted by atomic mass is 10.2. The Morgan fingerprint density at radius 2 is 1.79 bits per heavy atom. The molecule has 28 heavy (non-hydrogen) atoms. The van der Waals surface area contributed by atoms with Gasteiger partial charge in [0.1, 0.15) is 6.61 Å². The topological polar surface area (TPSA) is 76.2 Å². The summed E-state index contributed by atoms with van der Waals surface area (Å²) in [5.74, 6) is 1.01. The third kappa shape index (κ3) is 3.49. The molecule has 0 aliphatic carbocycles. The van der Waals surface area contributed by atoms with E-state index in [9.17, 15) is 13.2 Å². The Kier molecular flexibility index (Phi) is 5.07. The molecule has 7 nitrogen and oxygen atoms in total. The lowest BCUT2D eigenvalue weighted by Gasteiger charge is -2.36. The van der Waals surface area contributed by atoms with E-state index in [1.807, 2.05) is 26.0 Å². The van der Waals surface area contributed by atoms with Gasteiger partial charge in [0, 0.05) is 35.9 Å². The lowest BCUT2D eigenvalue weighted by Crippen LogP contribution is -2.55. The summed E-state index contributed by atoms with van der Waals surface area (Å²) >= 11 is 1.48. The maximum Gasteiger partial charge on any atom is 0.267 e. The van der Waals surface area contributed by atoms with Gasteiger partial charge in [0.05, 0.1) is 4.90 Å². The second-order valence-corrected chi connectivity index (χ2v) is 10.2. The number of benzene rings is 1. The van der Waals surface area contributed by atoms with Gasteiger partial charge in [-0.05, 0) is 32.0 Å². The molecule has 150 valence electrons.